The maximum atomic E-state index is 13.7. The molecule has 1 aliphatic rings. The molecule has 4 aromatic carbocycles. The molecule has 1 atom stereocenters. The van der Waals surface area contributed by atoms with Gasteiger partial charge in [-0.1, -0.05) is 96.6 Å². The van der Waals surface area contributed by atoms with Gasteiger partial charge < -0.3 is 0 Å². The van der Waals surface area contributed by atoms with E-state index in [0.717, 1.165) is 33.2 Å². The summed E-state index contributed by atoms with van der Waals surface area (Å²) in [6, 6.07) is 31.3. The van der Waals surface area contributed by atoms with Crippen molar-refractivity contribution in [1.82, 2.24) is 4.31 Å². The standard InChI is InChI=1S/C27H23NO2S/c1-20-14-16-24(17-15-20)31(29,30)28-19-23(21-8-3-2-4-9-21)18-27(28)26-13-7-11-22-10-5-6-12-25(22)26/h2-18,23H,19H2,1H3. The summed E-state index contributed by atoms with van der Waals surface area (Å²) in [5.74, 6) is -0.00427. The number of sulfonamides is 1. The van der Waals surface area contributed by atoms with Crippen LogP contribution < -0.4 is 0 Å². The van der Waals surface area contributed by atoms with E-state index in [-0.39, 0.29) is 5.92 Å². The zero-order valence-electron chi connectivity index (χ0n) is 17.3. The second-order valence-electron chi connectivity index (χ2n) is 7.94. The quantitative estimate of drug-likeness (QED) is 0.403. The summed E-state index contributed by atoms with van der Waals surface area (Å²) < 4.78 is 29.0. The highest BCUT2D eigenvalue weighted by Gasteiger charge is 2.35. The third kappa shape index (κ3) is 3.53. The van der Waals surface area contributed by atoms with Gasteiger partial charge in [-0.2, -0.15) is 0 Å². The average Bonchev–Trinajstić information content (AvgIpc) is 3.26. The lowest BCUT2D eigenvalue weighted by Crippen LogP contribution is -2.29. The molecule has 3 nitrogen and oxygen atoms in total. The van der Waals surface area contributed by atoms with E-state index in [1.54, 1.807) is 16.4 Å². The number of rotatable bonds is 4. The molecule has 0 N–H and O–H groups in total. The fraction of sp³-hybridized carbons (Fsp3) is 0.111. The van der Waals surface area contributed by atoms with Gasteiger partial charge in [-0.25, -0.2) is 8.42 Å². The number of hydrogen-bond donors (Lipinski definition) is 0. The molecule has 31 heavy (non-hydrogen) atoms. The molecule has 0 bridgehead atoms. The van der Waals surface area contributed by atoms with Crippen molar-refractivity contribution >= 4 is 26.5 Å². The number of nitrogens with zero attached hydrogens (tertiary/aromatic N) is 1. The Morgan fingerprint density at radius 2 is 1.45 bits per heavy atom. The summed E-state index contributed by atoms with van der Waals surface area (Å²) in [7, 11) is -3.70. The van der Waals surface area contributed by atoms with Crippen molar-refractivity contribution in [2.45, 2.75) is 17.7 Å². The molecule has 0 saturated heterocycles. The molecule has 0 radical (unpaired) electrons. The SMILES string of the molecule is Cc1ccc(S(=O)(=O)N2CC(c3ccccc3)C=C2c2cccc3ccccc23)cc1. The Morgan fingerprint density at radius 1 is 0.774 bits per heavy atom. The van der Waals surface area contributed by atoms with Gasteiger partial charge in [-0.05, 0) is 35.4 Å². The van der Waals surface area contributed by atoms with Crippen molar-refractivity contribution in [2.24, 2.45) is 0 Å². The van der Waals surface area contributed by atoms with Gasteiger partial charge in [0.1, 0.15) is 0 Å². The highest BCUT2D eigenvalue weighted by atomic mass is 32.2. The molecule has 4 heteroatoms. The zero-order valence-corrected chi connectivity index (χ0v) is 18.1. The Morgan fingerprint density at radius 3 is 2.23 bits per heavy atom. The summed E-state index contributed by atoms with van der Waals surface area (Å²) in [4.78, 5) is 0.318. The predicted molar refractivity (Wildman–Crippen MR) is 126 cm³/mol. The van der Waals surface area contributed by atoms with E-state index in [9.17, 15) is 8.42 Å². The van der Waals surface area contributed by atoms with Crippen LogP contribution in [-0.2, 0) is 10.0 Å². The average molecular weight is 426 g/mol. The monoisotopic (exact) mass is 425 g/mol. The van der Waals surface area contributed by atoms with Crippen LogP contribution >= 0.6 is 0 Å². The van der Waals surface area contributed by atoms with Gasteiger partial charge in [0.25, 0.3) is 10.0 Å². The third-order valence-electron chi connectivity index (χ3n) is 5.89. The molecule has 4 aromatic rings. The van der Waals surface area contributed by atoms with Crippen molar-refractivity contribution in [3.8, 4) is 0 Å². The first kappa shape index (κ1) is 19.6. The molecular weight excluding hydrogens is 402 g/mol. The first-order valence-electron chi connectivity index (χ1n) is 10.4. The van der Waals surface area contributed by atoms with E-state index in [0.29, 0.717) is 11.4 Å². The van der Waals surface area contributed by atoms with Gasteiger partial charge in [0.05, 0.1) is 10.6 Å². The zero-order chi connectivity index (χ0) is 21.4. The summed E-state index contributed by atoms with van der Waals surface area (Å²) in [5, 5.41) is 2.14. The van der Waals surface area contributed by atoms with E-state index in [1.165, 1.54) is 0 Å². The second-order valence-corrected chi connectivity index (χ2v) is 9.81. The third-order valence-corrected chi connectivity index (χ3v) is 7.69. The maximum Gasteiger partial charge on any atom is 0.264 e. The fourth-order valence-electron chi connectivity index (χ4n) is 4.24. The van der Waals surface area contributed by atoms with Crippen molar-refractivity contribution in [3.05, 3.63) is 120 Å². The van der Waals surface area contributed by atoms with Crippen LogP contribution in [0.25, 0.3) is 16.5 Å². The van der Waals surface area contributed by atoms with Gasteiger partial charge in [-0.3, -0.25) is 4.31 Å². The first-order chi connectivity index (χ1) is 15.0. The Bertz CT molecular complexity index is 1370. The van der Waals surface area contributed by atoms with Crippen LogP contribution in [0.15, 0.2) is 108 Å². The summed E-state index contributed by atoms with van der Waals surface area (Å²) in [6.07, 6.45) is 2.10. The molecule has 1 unspecified atom stereocenters. The molecule has 0 saturated carbocycles. The second kappa shape index (κ2) is 7.71. The van der Waals surface area contributed by atoms with Crippen molar-refractivity contribution < 1.29 is 8.42 Å². The molecule has 0 aliphatic carbocycles. The van der Waals surface area contributed by atoms with Crippen LogP contribution in [0.1, 0.15) is 22.6 Å². The molecule has 154 valence electrons. The minimum atomic E-state index is -3.70. The van der Waals surface area contributed by atoms with E-state index in [4.69, 9.17) is 0 Å². The highest BCUT2D eigenvalue weighted by Crippen LogP contribution is 2.40. The largest absolute Gasteiger partial charge is 0.265 e. The minimum absolute atomic E-state index is 0.00427. The van der Waals surface area contributed by atoms with E-state index < -0.39 is 10.0 Å². The van der Waals surface area contributed by atoms with Crippen LogP contribution in [0.3, 0.4) is 0 Å². The summed E-state index contributed by atoms with van der Waals surface area (Å²) in [5.41, 5.74) is 3.83. The van der Waals surface area contributed by atoms with E-state index in [1.807, 2.05) is 61.5 Å². The number of fused-ring (bicyclic) bond motifs is 1. The number of benzene rings is 4. The van der Waals surface area contributed by atoms with Gasteiger partial charge in [0.15, 0.2) is 0 Å². The normalized spacial score (nSPS) is 16.5. The maximum absolute atomic E-state index is 13.7. The highest BCUT2D eigenvalue weighted by molar-refractivity contribution is 7.89. The van der Waals surface area contributed by atoms with Crippen LogP contribution in [0.4, 0.5) is 0 Å². The molecule has 5 rings (SSSR count). The molecule has 0 spiro atoms. The summed E-state index contributed by atoms with van der Waals surface area (Å²) in [6.45, 7) is 2.35. The minimum Gasteiger partial charge on any atom is -0.265 e. The molecule has 0 fully saturated rings. The summed E-state index contributed by atoms with van der Waals surface area (Å²) >= 11 is 0. The Kier molecular flexibility index (Phi) is 4.87. The van der Waals surface area contributed by atoms with Crippen LogP contribution in [0, 0.1) is 6.92 Å². The molecule has 0 aromatic heterocycles. The lowest BCUT2D eigenvalue weighted by Gasteiger charge is -2.24. The van der Waals surface area contributed by atoms with Crippen molar-refractivity contribution in [2.75, 3.05) is 6.54 Å². The first-order valence-corrected chi connectivity index (χ1v) is 11.8. The van der Waals surface area contributed by atoms with Gasteiger partial charge in [-0.15, -0.1) is 0 Å². The van der Waals surface area contributed by atoms with Crippen LogP contribution in [-0.4, -0.2) is 19.3 Å². The van der Waals surface area contributed by atoms with Crippen molar-refractivity contribution in [3.63, 3.8) is 0 Å². The lowest BCUT2D eigenvalue weighted by molar-refractivity contribution is 0.515. The molecular formula is C27H23NO2S. The molecule has 1 heterocycles. The fourth-order valence-corrected chi connectivity index (χ4v) is 5.75. The number of aryl methyl sites for hydroxylation is 1. The molecule has 1 aliphatic heterocycles. The Labute approximate surface area is 183 Å². The molecule has 0 amide bonds. The Hall–Kier alpha value is -3.37. The van der Waals surface area contributed by atoms with Gasteiger partial charge >= 0.3 is 0 Å². The van der Waals surface area contributed by atoms with Gasteiger partial charge in [0, 0.05) is 18.0 Å². The predicted octanol–water partition coefficient (Wildman–Crippen LogP) is 5.98. The van der Waals surface area contributed by atoms with E-state index >= 15 is 0 Å². The van der Waals surface area contributed by atoms with Crippen LogP contribution in [0.5, 0.6) is 0 Å². The smallest absolute Gasteiger partial charge is 0.264 e. The van der Waals surface area contributed by atoms with E-state index in [2.05, 4.69) is 36.4 Å². The number of hydrogen-bond acceptors (Lipinski definition) is 2. The lowest BCUT2D eigenvalue weighted by atomic mass is 9.98. The van der Waals surface area contributed by atoms with Crippen molar-refractivity contribution in [1.29, 1.82) is 0 Å². The topological polar surface area (TPSA) is 37.4 Å². The Balaban J connectivity index is 1.68. The van der Waals surface area contributed by atoms with Gasteiger partial charge in [0.2, 0.25) is 0 Å². The van der Waals surface area contributed by atoms with Crippen LogP contribution in [0.2, 0.25) is 0 Å².